The van der Waals surface area contributed by atoms with Crippen molar-refractivity contribution in [2.75, 3.05) is 12.5 Å². The van der Waals surface area contributed by atoms with E-state index in [1.54, 1.807) is 0 Å². The quantitative estimate of drug-likeness (QED) is 0.851. The van der Waals surface area contributed by atoms with E-state index in [0.717, 1.165) is 23.0 Å². The lowest BCUT2D eigenvalue weighted by Crippen LogP contribution is -2.17. The first-order valence-corrected chi connectivity index (χ1v) is 6.13. The molecule has 2 N–H and O–H groups in total. The summed E-state index contributed by atoms with van der Waals surface area (Å²) >= 11 is 1.84. The smallest absolute Gasteiger partial charge is 0.231 e. The lowest BCUT2D eigenvalue weighted by Gasteiger charge is -2.05. The Balaban J connectivity index is 1.92. The summed E-state index contributed by atoms with van der Waals surface area (Å²) in [7, 11) is 0. The maximum Gasteiger partial charge on any atom is 0.231 e. The molecule has 0 aromatic heterocycles. The van der Waals surface area contributed by atoms with Crippen LogP contribution >= 0.6 is 11.8 Å². The predicted molar refractivity (Wildman–Crippen MR) is 62.4 cm³/mol. The standard InChI is InChI=1S/C11H15NO2S/c1-8(12)5-15-6-9-2-3-10-11(4-9)14-7-13-10/h2-4,8H,5-7,12H2,1H3. The summed E-state index contributed by atoms with van der Waals surface area (Å²) < 4.78 is 10.6. The van der Waals surface area contributed by atoms with E-state index in [2.05, 4.69) is 6.07 Å². The van der Waals surface area contributed by atoms with E-state index in [1.165, 1.54) is 5.56 Å². The average Bonchev–Trinajstić information content (AvgIpc) is 2.64. The molecule has 15 heavy (non-hydrogen) atoms. The molecule has 1 heterocycles. The highest BCUT2D eigenvalue weighted by atomic mass is 32.2. The molecule has 0 fully saturated rings. The Morgan fingerprint density at radius 1 is 1.40 bits per heavy atom. The number of rotatable bonds is 4. The summed E-state index contributed by atoms with van der Waals surface area (Å²) in [5, 5.41) is 0. The van der Waals surface area contributed by atoms with Crippen molar-refractivity contribution < 1.29 is 9.47 Å². The van der Waals surface area contributed by atoms with Crippen molar-refractivity contribution in [1.29, 1.82) is 0 Å². The highest BCUT2D eigenvalue weighted by Gasteiger charge is 2.12. The number of hydrogen-bond donors (Lipinski definition) is 1. The van der Waals surface area contributed by atoms with Gasteiger partial charge in [-0.2, -0.15) is 11.8 Å². The summed E-state index contributed by atoms with van der Waals surface area (Å²) in [6, 6.07) is 6.33. The van der Waals surface area contributed by atoms with E-state index in [1.807, 2.05) is 30.8 Å². The zero-order valence-electron chi connectivity index (χ0n) is 8.73. The molecule has 0 saturated heterocycles. The van der Waals surface area contributed by atoms with Gasteiger partial charge in [0.2, 0.25) is 6.79 Å². The van der Waals surface area contributed by atoms with Crippen molar-refractivity contribution in [2.45, 2.75) is 18.7 Å². The minimum atomic E-state index is 0.254. The molecule has 1 aromatic rings. The molecule has 0 bridgehead atoms. The van der Waals surface area contributed by atoms with Gasteiger partial charge in [-0.3, -0.25) is 0 Å². The van der Waals surface area contributed by atoms with Gasteiger partial charge in [0.25, 0.3) is 0 Å². The molecule has 2 rings (SSSR count). The van der Waals surface area contributed by atoms with Crippen molar-refractivity contribution in [3.63, 3.8) is 0 Å². The van der Waals surface area contributed by atoms with E-state index in [4.69, 9.17) is 15.2 Å². The molecule has 1 aromatic carbocycles. The summed E-state index contributed by atoms with van der Waals surface area (Å²) in [4.78, 5) is 0. The van der Waals surface area contributed by atoms with Gasteiger partial charge in [-0.05, 0) is 24.6 Å². The topological polar surface area (TPSA) is 44.5 Å². The third-order valence-electron chi connectivity index (χ3n) is 2.09. The maximum atomic E-state index is 5.68. The van der Waals surface area contributed by atoms with Crippen LogP contribution in [0.15, 0.2) is 18.2 Å². The monoisotopic (exact) mass is 225 g/mol. The van der Waals surface area contributed by atoms with Crippen molar-refractivity contribution >= 4 is 11.8 Å². The first kappa shape index (κ1) is 10.6. The van der Waals surface area contributed by atoms with Gasteiger partial charge in [0.15, 0.2) is 11.5 Å². The lowest BCUT2D eigenvalue weighted by atomic mass is 10.2. The third kappa shape index (κ3) is 2.79. The molecule has 0 radical (unpaired) electrons. The fraction of sp³-hybridized carbons (Fsp3) is 0.455. The van der Waals surface area contributed by atoms with Crippen LogP contribution in [-0.2, 0) is 5.75 Å². The van der Waals surface area contributed by atoms with E-state index in [-0.39, 0.29) is 6.04 Å². The lowest BCUT2D eigenvalue weighted by molar-refractivity contribution is 0.174. The van der Waals surface area contributed by atoms with Gasteiger partial charge < -0.3 is 15.2 Å². The molecule has 4 heteroatoms. The fourth-order valence-corrected chi connectivity index (χ4v) is 2.30. The summed E-state index contributed by atoms with van der Waals surface area (Å²) in [6.45, 7) is 2.36. The van der Waals surface area contributed by atoms with Gasteiger partial charge in [-0.1, -0.05) is 6.07 Å². The summed E-state index contributed by atoms with van der Waals surface area (Å²) in [6.07, 6.45) is 0. The second-order valence-corrected chi connectivity index (χ2v) is 4.71. The van der Waals surface area contributed by atoms with Gasteiger partial charge in [0.05, 0.1) is 0 Å². The van der Waals surface area contributed by atoms with Gasteiger partial charge in [0, 0.05) is 17.5 Å². The average molecular weight is 225 g/mol. The minimum Gasteiger partial charge on any atom is -0.454 e. The maximum absolute atomic E-state index is 5.68. The molecule has 0 aliphatic carbocycles. The molecule has 82 valence electrons. The van der Waals surface area contributed by atoms with Crippen LogP contribution in [-0.4, -0.2) is 18.6 Å². The van der Waals surface area contributed by atoms with Gasteiger partial charge in [-0.25, -0.2) is 0 Å². The van der Waals surface area contributed by atoms with Crippen molar-refractivity contribution in [1.82, 2.24) is 0 Å². The highest BCUT2D eigenvalue weighted by molar-refractivity contribution is 7.98. The zero-order chi connectivity index (χ0) is 10.7. The van der Waals surface area contributed by atoms with Crippen molar-refractivity contribution in [3.8, 4) is 11.5 Å². The van der Waals surface area contributed by atoms with Crippen LogP contribution in [0.2, 0.25) is 0 Å². The molecule has 3 nitrogen and oxygen atoms in total. The Hall–Kier alpha value is -0.870. The molecule has 1 unspecified atom stereocenters. The molecule has 1 aliphatic heterocycles. The van der Waals surface area contributed by atoms with Crippen LogP contribution in [0.25, 0.3) is 0 Å². The first-order chi connectivity index (χ1) is 7.25. The minimum absolute atomic E-state index is 0.254. The number of thioether (sulfide) groups is 1. The normalized spacial score (nSPS) is 15.3. The van der Waals surface area contributed by atoms with Gasteiger partial charge in [-0.15, -0.1) is 0 Å². The van der Waals surface area contributed by atoms with Crippen LogP contribution in [0.4, 0.5) is 0 Å². The van der Waals surface area contributed by atoms with Gasteiger partial charge >= 0.3 is 0 Å². The molecule has 0 saturated carbocycles. The van der Waals surface area contributed by atoms with Crippen LogP contribution < -0.4 is 15.2 Å². The number of nitrogens with two attached hydrogens (primary N) is 1. The van der Waals surface area contributed by atoms with Crippen molar-refractivity contribution in [2.24, 2.45) is 5.73 Å². The zero-order valence-corrected chi connectivity index (χ0v) is 9.55. The van der Waals surface area contributed by atoms with Crippen LogP contribution in [0.3, 0.4) is 0 Å². The Morgan fingerprint density at radius 2 is 2.20 bits per heavy atom. The van der Waals surface area contributed by atoms with Crippen LogP contribution in [0, 0.1) is 0 Å². The molecular formula is C11H15NO2S. The first-order valence-electron chi connectivity index (χ1n) is 4.97. The SMILES string of the molecule is CC(N)CSCc1ccc2c(c1)OCO2. The molecule has 0 amide bonds. The van der Waals surface area contributed by atoms with E-state index in [9.17, 15) is 0 Å². The largest absolute Gasteiger partial charge is 0.454 e. The van der Waals surface area contributed by atoms with Crippen LogP contribution in [0.5, 0.6) is 11.5 Å². The Bertz CT molecular complexity index is 341. The summed E-state index contributed by atoms with van der Waals surface area (Å²) in [5.74, 6) is 3.65. The molecule has 1 aliphatic rings. The second kappa shape index (κ2) is 4.77. The third-order valence-corrected chi connectivity index (χ3v) is 3.39. The van der Waals surface area contributed by atoms with Gasteiger partial charge in [0.1, 0.15) is 0 Å². The fourth-order valence-electron chi connectivity index (χ4n) is 1.39. The molecular weight excluding hydrogens is 210 g/mol. The van der Waals surface area contributed by atoms with E-state index < -0.39 is 0 Å². The number of benzene rings is 1. The number of hydrogen-bond acceptors (Lipinski definition) is 4. The Morgan fingerprint density at radius 3 is 3.00 bits per heavy atom. The molecule has 0 spiro atoms. The van der Waals surface area contributed by atoms with E-state index >= 15 is 0 Å². The number of fused-ring (bicyclic) bond motifs is 1. The number of ether oxygens (including phenoxy) is 2. The Labute approximate surface area is 93.9 Å². The molecule has 1 atom stereocenters. The van der Waals surface area contributed by atoms with Crippen molar-refractivity contribution in [3.05, 3.63) is 23.8 Å². The second-order valence-electron chi connectivity index (χ2n) is 3.68. The Kier molecular flexibility index (Phi) is 3.38. The van der Waals surface area contributed by atoms with E-state index in [0.29, 0.717) is 6.79 Å². The predicted octanol–water partition coefficient (Wildman–Crippen LogP) is 2.00. The summed E-state index contributed by atoms with van der Waals surface area (Å²) in [5.41, 5.74) is 6.94. The highest BCUT2D eigenvalue weighted by Crippen LogP contribution is 2.33. The van der Waals surface area contributed by atoms with Crippen LogP contribution in [0.1, 0.15) is 12.5 Å².